The molecule has 0 fully saturated rings. The van der Waals surface area contributed by atoms with E-state index in [1.54, 1.807) is 0 Å². The fourth-order valence-electron chi connectivity index (χ4n) is 20.5. The summed E-state index contributed by atoms with van der Waals surface area (Å²) in [5.41, 5.74) is 40.0. The maximum absolute atomic E-state index is 2.47. The van der Waals surface area contributed by atoms with Crippen LogP contribution in [0.5, 0.6) is 0 Å². The maximum Gasteiger partial charge on any atom is 0.0775 e. The molecule has 0 bridgehead atoms. The Morgan fingerprint density at radius 1 is 0.219 bits per heavy atom. The molecule has 0 saturated carbocycles. The molecule has 4 nitrogen and oxygen atoms in total. The molecule has 17 aromatic rings. The molecule has 15 aromatic carbocycles. The highest BCUT2D eigenvalue weighted by atomic mass is 28.3. The molecule has 114 heavy (non-hydrogen) atoms. The monoisotopic (exact) mass is 1480 g/mol. The molecule has 4 aliphatic carbocycles. The fourth-order valence-corrected chi connectivity index (χ4v) is 21.7. The molecule has 4 aliphatic rings. The second-order valence-electron chi connectivity index (χ2n) is 35.3. The summed E-state index contributed by atoms with van der Waals surface area (Å²) >= 11 is 0. The average molecular weight is 1480 g/mol. The summed E-state index contributed by atoms with van der Waals surface area (Å²) in [5.74, 6) is 0. The number of hydrogen-bond donors (Lipinski definition) is 0. The third-order valence-electron chi connectivity index (χ3n) is 26.2. The van der Waals surface area contributed by atoms with E-state index >= 15 is 0 Å². The molecule has 0 unspecified atom stereocenters. The molecule has 21 rings (SSSR count). The van der Waals surface area contributed by atoms with Gasteiger partial charge in [0.15, 0.2) is 0 Å². The van der Waals surface area contributed by atoms with Crippen molar-refractivity contribution >= 4 is 113 Å². The van der Waals surface area contributed by atoms with Crippen molar-refractivity contribution in [3.8, 4) is 55.9 Å². The topological polar surface area (TPSA) is 16.3 Å². The van der Waals surface area contributed by atoms with E-state index in [0.29, 0.717) is 0 Å². The molecule has 0 amide bonds. The van der Waals surface area contributed by atoms with Gasteiger partial charge in [-0.15, -0.1) is 0 Å². The molecular weight excluding hydrogens is 1390 g/mol. The van der Waals surface area contributed by atoms with Crippen molar-refractivity contribution in [1.82, 2.24) is 9.13 Å². The summed E-state index contributed by atoms with van der Waals surface area (Å²) in [5, 5.41) is 6.38. The largest absolute Gasteiger partial charge is 0.311 e. The van der Waals surface area contributed by atoms with Crippen molar-refractivity contribution < 1.29 is 0 Å². The Morgan fingerprint density at radius 2 is 0.509 bits per heavy atom. The second kappa shape index (κ2) is 25.4. The number of para-hydroxylation sites is 3. The van der Waals surface area contributed by atoms with Crippen LogP contribution in [0.1, 0.15) is 99.9 Å². The first-order chi connectivity index (χ1) is 55.2. The zero-order valence-electron chi connectivity index (χ0n) is 66.7. The quantitative estimate of drug-likeness (QED) is 0.107. The van der Waals surface area contributed by atoms with Gasteiger partial charge >= 0.3 is 0 Å². The summed E-state index contributed by atoms with van der Waals surface area (Å²) in [6, 6.07) is 130. The number of hydrogen-bond acceptors (Lipinski definition) is 2. The van der Waals surface area contributed by atoms with Crippen LogP contribution in [0.25, 0.3) is 122 Å². The Morgan fingerprint density at radius 3 is 0.921 bits per heavy atom. The Kier molecular flexibility index (Phi) is 15.4. The van der Waals surface area contributed by atoms with Gasteiger partial charge in [-0.05, 0) is 251 Å². The minimum Gasteiger partial charge on any atom is -0.311 e. The zero-order chi connectivity index (χ0) is 77.5. The van der Waals surface area contributed by atoms with Gasteiger partial charge in [-0.1, -0.05) is 286 Å². The van der Waals surface area contributed by atoms with Gasteiger partial charge in [-0.2, -0.15) is 0 Å². The predicted molar refractivity (Wildman–Crippen MR) is 488 cm³/mol. The summed E-state index contributed by atoms with van der Waals surface area (Å²) in [4.78, 5) is 4.84. The van der Waals surface area contributed by atoms with Crippen molar-refractivity contribution in [3.05, 3.63) is 390 Å². The van der Waals surface area contributed by atoms with Gasteiger partial charge in [0.1, 0.15) is 0 Å². The van der Waals surface area contributed by atoms with Gasteiger partial charge in [-0.25, -0.2) is 0 Å². The van der Waals surface area contributed by atoms with Crippen molar-refractivity contribution in [2.45, 2.75) is 96.7 Å². The van der Waals surface area contributed by atoms with Gasteiger partial charge in [0, 0.05) is 88.7 Å². The van der Waals surface area contributed by atoms with E-state index < -0.39 is 8.07 Å². The first-order valence-electron chi connectivity index (χ1n) is 40.5. The third kappa shape index (κ3) is 10.5. The minimum absolute atomic E-state index is 0.0567. The highest BCUT2D eigenvalue weighted by Crippen LogP contribution is 2.65. The van der Waals surface area contributed by atoms with Crippen molar-refractivity contribution in [2.24, 2.45) is 0 Å². The molecule has 2 heterocycles. The molecule has 550 valence electrons. The molecule has 5 heteroatoms. The lowest BCUT2D eigenvalue weighted by Crippen LogP contribution is -2.37. The van der Waals surface area contributed by atoms with Crippen LogP contribution < -0.4 is 15.0 Å². The maximum atomic E-state index is 2.47. The molecule has 0 atom stereocenters. The van der Waals surface area contributed by atoms with Gasteiger partial charge in [0.2, 0.25) is 0 Å². The summed E-state index contributed by atoms with van der Waals surface area (Å²) < 4.78 is 4.83. The van der Waals surface area contributed by atoms with Gasteiger partial charge in [0.05, 0.1) is 30.1 Å². The lowest BCUT2D eigenvalue weighted by molar-refractivity contribution is 0.694. The molecule has 0 radical (unpaired) electrons. The molecule has 0 N–H and O–H groups in total. The van der Waals surface area contributed by atoms with E-state index in [1.165, 1.54) is 138 Å². The van der Waals surface area contributed by atoms with Crippen LogP contribution >= 0.6 is 0 Å². The van der Waals surface area contributed by atoms with Crippen molar-refractivity contribution in [3.63, 3.8) is 0 Å². The number of anilines is 6. The Balaban J connectivity index is 0.581. The van der Waals surface area contributed by atoms with Crippen molar-refractivity contribution in [2.75, 3.05) is 9.80 Å². The number of rotatable bonds is 13. The van der Waals surface area contributed by atoms with Crippen molar-refractivity contribution in [1.29, 1.82) is 0 Å². The normalized spacial score (nSPS) is 15.2. The minimum atomic E-state index is -1.57. The van der Waals surface area contributed by atoms with Crippen LogP contribution in [0, 0.1) is 0 Å². The summed E-state index contributed by atoms with van der Waals surface area (Å²) in [6.07, 6.45) is 0. The van der Waals surface area contributed by atoms with Gasteiger partial charge in [-0.3, -0.25) is 0 Å². The molecule has 0 spiro atoms. The molecular formula is C109H90N4Si. The second-order valence-corrected chi connectivity index (χ2v) is 40.4. The highest BCUT2D eigenvalue weighted by molar-refractivity contribution is 6.88. The Labute approximate surface area is 670 Å². The van der Waals surface area contributed by atoms with E-state index in [1.807, 2.05) is 0 Å². The van der Waals surface area contributed by atoms with Crippen LogP contribution in [0.4, 0.5) is 34.1 Å². The Hall–Kier alpha value is -12.8. The lowest BCUT2D eigenvalue weighted by atomic mass is 9.75. The smallest absolute Gasteiger partial charge is 0.0775 e. The van der Waals surface area contributed by atoms with E-state index in [9.17, 15) is 0 Å². The van der Waals surface area contributed by atoms with E-state index in [0.717, 1.165) is 67.7 Å². The summed E-state index contributed by atoms with van der Waals surface area (Å²) in [6.45, 7) is 26.6. The van der Waals surface area contributed by atoms with Crippen LogP contribution in [-0.2, 0) is 21.7 Å². The van der Waals surface area contributed by atoms with E-state index in [4.69, 9.17) is 0 Å². The van der Waals surface area contributed by atoms with Gasteiger partial charge in [0.25, 0.3) is 0 Å². The van der Waals surface area contributed by atoms with E-state index in [-0.39, 0.29) is 21.7 Å². The van der Waals surface area contributed by atoms with Crippen LogP contribution in [-0.4, -0.2) is 17.2 Å². The number of aromatic nitrogens is 2. The number of nitrogens with zero attached hydrogens (tertiary/aromatic N) is 4. The standard InChI is InChI=1S/C109H90N4Si/c1-106(2)94-30-17-12-28-89(94)102-104(106)91-62-43-75(66-96(91)108(102,5)6)71-37-47-78(48-38-71)110(80-53-55-83(56-54-80)112-98-32-19-14-25-86(98)87-26-15-20-33-99(87)112)77-45-35-69(36-46-77)73-23-22-24-74(65-73)70-41-51-82(52-42-70)113-100-34-21-16-27-88(100)93-68-84(59-64-101(93)113)111(81-57-60-85(61-58-81)114(9,10)11)79-49-39-72(40-50-79)76-44-63-92-97(67-76)109(7,8)103-90-29-13-18-31-95(90)107(3,4)105(92)103/h12-68H,1-11H3. The number of fused-ring (bicyclic) bond motifs is 14. The molecule has 0 aliphatic heterocycles. The van der Waals surface area contributed by atoms with Crippen LogP contribution in [0.15, 0.2) is 346 Å². The SMILES string of the molecule is CC1(C)C2=C(c3ccccc31)C(C)(C)c1cc(-c3ccc(N(c4ccc(-c5cccc(-c6ccc(-n7c8ccccc8c8cc(N(c9ccc(-c%10ccc%11c(c%10)C(C)(C)C%10=C%11C(C)(C)c%11ccccc%11%10)cc9)c9ccc([Si](C)(C)C)cc9)ccc87)cc6)c5)cc4)c4ccc(-n5c6ccccc6c6ccccc65)cc4)cc3)ccc12. The number of allylic oxidation sites excluding steroid dienone is 4. The zero-order valence-corrected chi connectivity index (χ0v) is 67.7. The fraction of sp³-hybridized carbons (Fsp3) is 0.138. The predicted octanol–water partition coefficient (Wildman–Crippen LogP) is 29.0. The first-order valence-corrected chi connectivity index (χ1v) is 44.0. The Bertz CT molecular complexity index is 6830. The number of benzene rings is 15. The first kappa shape index (κ1) is 69.2. The lowest BCUT2D eigenvalue weighted by Gasteiger charge is -2.28. The van der Waals surface area contributed by atoms with Crippen LogP contribution in [0.3, 0.4) is 0 Å². The van der Waals surface area contributed by atoms with Gasteiger partial charge < -0.3 is 18.9 Å². The average Bonchev–Trinajstić information content (AvgIpc) is 1.53. The van der Waals surface area contributed by atoms with E-state index in [2.05, 4.69) is 440 Å². The van der Waals surface area contributed by atoms with Crippen LogP contribution in [0.2, 0.25) is 19.6 Å². The molecule has 0 saturated heterocycles. The summed E-state index contributed by atoms with van der Waals surface area (Å²) in [7, 11) is -1.57. The third-order valence-corrected chi connectivity index (χ3v) is 28.3. The highest BCUT2D eigenvalue weighted by Gasteiger charge is 2.51. The molecule has 2 aromatic heterocycles.